The second kappa shape index (κ2) is 4.82. The van der Waals surface area contributed by atoms with Crippen molar-refractivity contribution in [3.8, 4) is 0 Å². The number of fused-ring (bicyclic) bond motifs is 1. The highest BCUT2D eigenvalue weighted by Crippen LogP contribution is 2.21. The summed E-state index contributed by atoms with van der Waals surface area (Å²) in [6.45, 7) is 3.99. The molecule has 0 bridgehead atoms. The lowest BCUT2D eigenvalue weighted by Crippen LogP contribution is -2.33. The van der Waals surface area contributed by atoms with Gasteiger partial charge in [-0.25, -0.2) is 0 Å². The first kappa shape index (κ1) is 12.0. The maximum atomic E-state index is 10.1. The molecule has 1 aromatic heterocycles. The molecule has 3 nitrogen and oxygen atoms in total. The number of nitrogens with two attached hydrogens (primary N) is 1. The maximum absolute atomic E-state index is 10.1. The van der Waals surface area contributed by atoms with Crippen molar-refractivity contribution in [3.63, 3.8) is 0 Å². The Bertz CT molecular complexity index is 510. The molecule has 90 valence electrons. The third-order valence-corrected chi connectivity index (χ3v) is 3.06. The van der Waals surface area contributed by atoms with Gasteiger partial charge in [-0.2, -0.15) is 0 Å². The summed E-state index contributed by atoms with van der Waals surface area (Å²) in [5.41, 5.74) is 7.48. The van der Waals surface area contributed by atoms with Crippen LogP contribution in [0.3, 0.4) is 0 Å². The molecule has 0 spiro atoms. The molecule has 0 fully saturated rings. The van der Waals surface area contributed by atoms with E-state index in [4.69, 9.17) is 5.73 Å². The van der Waals surface area contributed by atoms with Gasteiger partial charge in [0.2, 0.25) is 0 Å². The molecule has 2 atom stereocenters. The van der Waals surface area contributed by atoms with E-state index in [1.807, 2.05) is 50.2 Å². The zero-order valence-corrected chi connectivity index (χ0v) is 10.2. The summed E-state index contributed by atoms with van der Waals surface area (Å²) in [6.07, 6.45) is -0.709. The molecule has 17 heavy (non-hydrogen) atoms. The van der Waals surface area contributed by atoms with Crippen LogP contribution in [0, 0.1) is 5.92 Å². The predicted octanol–water partition coefficient (Wildman–Crippen LogP) is 2.25. The van der Waals surface area contributed by atoms with Gasteiger partial charge in [0.05, 0.1) is 11.2 Å². The summed E-state index contributed by atoms with van der Waals surface area (Å²) in [7, 11) is 0. The zero-order chi connectivity index (χ0) is 12.4. The van der Waals surface area contributed by atoms with E-state index in [-0.39, 0.29) is 12.0 Å². The van der Waals surface area contributed by atoms with Gasteiger partial charge in [0, 0.05) is 11.4 Å². The number of aliphatic hydroxyl groups excluding tert-OH is 1. The lowest BCUT2D eigenvalue weighted by atomic mass is 9.97. The molecule has 0 amide bonds. The van der Waals surface area contributed by atoms with Crippen LogP contribution in [0.4, 0.5) is 0 Å². The van der Waals surface area contributed by atoms with E-state index in [1.54, 1.807) is 0 Å². The minimum Gasteiger partial charge on any atom is -0.385 e. The Balaban J connectivity index is 2.36. The van der Waals surface area contributed by atoms with E-state index in [0.29, 0.717) is 5.69 Å². The number of aliphatic hydroxyl groups is 1. The van der Waals surface area contributed by atoms with Gasteiger partial charge < -0.3 is 10.8 Å². The zero-order valence-electron chi connectivity index (χ0n) is 10.2. The molecular formula is C14H18N2O. The number of hydrogen-bond acceptors (Lipinski definition) is 3. The van der Waals surface area contributed by atoms with E-state index in [1.165, 1.54) is 0 Å². The largest absolute Gasteiger partial charge is 0.385 e. The van der Waals surface area contributed by atoms with E-state index >= 15 is 0 Å². The number of hydrogen-bond donors (Lipinski definition) is 2. The molecule has 1 aromatic carbocycles. The fourth-order valence-electron chi connectivity index (χ4n) is 1.81. The minimum absolute atomic E-state index is 0.221. The summed E-state index contributed by atoms with van der Waals surface area (Å²) < 4.78 is 0. The molecule has 0 aliphatic rings. The van der Waals surface area contributed by atoms with Crippen molar-refractivity contribution in [2.45, 2.75) is 26.0 Å². The summed E-state index contributed by atoms with van der Waals surface area (Å²) >= 11 is 0. The van der Waals surface area contributed by atoms with Crippen LogP contribution in [0.5, 0.6) is 0 Å². The van der Waals surface area contributed by atoms with Gasteiger partial charge in [-0.1, -0.05) is 38.1 Å². The summed E-state index contributed by atoms with van der Waals surface area (Å²) in [6, 6.07) is 11.4. The van der Waals surface area contributed by atoms with Crippen LogP contribution in [0.2, 0.25) is 0 Å². The molecule has 2 unspecified atom stereocenters. The van der Waals surface area contributed by atoms with Crippen molar-refractivity contribution in [2.24, 2.45) is 11.7 Å². The number of benzene rings is 1. The van der Waals surface area contributed by atoms with Crippen molar-refractivity contribution >= 4 is 10.9 Å². The summed E-state index contributed by atoms with van der Waals surface area (Å²) in [4.78, 5) is 4.45. The topological polar surface area (TPSA) is 59.1 Å². The highest BCUT2D eigenvalue weighted by Gasteiger charge is 2.21. The Hall–Kier alpha value is -1.45. The molecule has 0 radical (unpaired) electrons. The first-order chi connectivity index (χ1) is 8.09. The van der Waals surface area contributed by atoms with Gasteiger partial charge in [0.15, 0.2) is 0 Å². The molecule has 1 heterocycles. The Labute approximate surface area is 101 Å². The Morgan fingerprint density at radius 2 is 1.82 bits per heavy atom. The smallest absolute Gasteiger partial charge is 0.111 e. The highest BCUT2D eigenvalue weighted by molar-refractivity contribution is 5.78. The van der Waals surface area contributed by atoms with Crippen molar-refractivity contribution in [1.29, 1.82) is 0 Å². The lowest BCUT2D eigenvalue weighted by Gasteiger charge is -2.21. The van der Waals surface area contributed by atoms with Gasteiger partial charge >= 0.3 is 0 Å². The number of para-hydroxylation sites is 1. The van der Waals surface area contributed by atoms with Crippen LogP contribution < -0.4 is 5.73 Å². The van der Waals surface area contributed by atoms with Gasteiger partial charge in [-0.3, -0.25) is 4.98 Å². The average Bonchev–Trinajstić information content (AvgIpc) is 2.36. The quantitative estimate of drug-likeness (QED) is 0.850. The molecule has 0 aliphatic carbocycles. The van der Waals surface area contributed by atoms with Crippen LogP contribution >= 0.6 is 0 Å². The SMILES string of the molecule is CC(C)C(N)C(O)c1ccc2ccccc2n1. The van der Waals surface area contributed by atoms with E-state index in [2.05, 4.69) is 4.98 Å². The molecule has 2 aromatic rings. The maximum Gasteiger partial charge on any atom is 0.111 e. The fraction of sp³-hybridized carbons (Fsp3) is 0.357. The summed E-state index contributed by atoms with van der Waals surface area (Å²) in [5.74, 6) is 0.221. The highest BCUT2D eigenvalue weighted by atomic mass is 16.3. The van der Waals surface area contributed by atoms with Crippen molar-refractivity contribution in [3.05, 3.63) is 42.1 Å². The minimum atomic E-state index is -0.709. The van der Waals surface area contributed by atoms with Crippen LogP contribution in [0.15, 0.2) is 36.4 Å². The molecule has 0 aliphatic heterocycles. The van der Waals surface area contributed by atoms with Gasteiger partial charge in [-0.05, 0) is 18.1 Å². The number of pyridine rings is 1. The van der Waals surface area contributed by atoms with E-state index < -0.39 is 6.10 Å². The fourth-order valence-corrected chi connectivity index (χ4v) is 1.81. The Morgan fingerprint density at radius 3 is 2.53 bits per heavy atom. The van der Waals surface area contributed by atoms with Crippen LogP contribution in [-0.4, -0.2) is 16.1 Å². The Morgan fingerprint density at radius 1 is 1.12 bits per heavy atom. The first-order valence-corrected chi connectivity index (χ1v) is 5.89. The van der Waals surface area contributed by atoms with Crippen LogP contribution in [-0.2, 0) is 0 Å². The van der Waals surface area contributed by atoms with Crippen LogP contribution in [0.25, 0.3) is 10.9 Å². The van der Waals surface area contributed by atoms with Gasteiger partial charge in [0.25, 0.3) is 0 Å². The molecule has 0 saturated heterocycles. The van der Waals surface area contributed by atoms with E-state index in [0.717, 1.165) is 10.9 Å². The molecule has 0 saturated carbocycles. The number of rotatable bonds is 3. The predicted molar refractivity (Wildman–Crippen MR) is 69.5 cm³/mol. The lowest BCUT2D eigenvalue weighted by molar-refractivity contribution is 0.122. The second-order valence-corrected chi connectivity index (χ2v) is 4.70. The second-order valence-electron chi connectivity index (χ2n) is 4.70. The van der Waals surface area contributed by atoms with Crippen molar-refractivity contribution in [2.75, 3.05) is 0 Å². The molecule has 3 N–H and O–H groups in total. The van der Waals surface area contributed by atoms with Gasteiger partial charge in [0.1, 0.15) is 6.10 Å². The molecule has 2 rings (SSSR count). The normalized spacial score (nSPS) is 15.1. The van der Waals surface area contributed by atoms with Gasteiger partial charge in [-0.15, -0.1) is 0 Å². The molecule has 3 heteroatoms. The third kappa shape index (κ3) is 2.46. The van der Waals surface area contributed by atoms with Crippen molar-refractivity contribution < 1.29 is 5.11 Å². The Kier molecular flexibility index (Phi) is 3.41. The standard InChI is InChI=1S/C14H18N2O/c1-9(2)13(15)14(17)12-8-7-10-5-3-4-6-11(10)16-12/h3-9,13-14,17H,15H2,1-2H3. The van der Waals surface area contributed by atoms with Crippen molar-refractivity contribution in [1.82, 2.24) is 4.98 Å². The average molecular weight is 230 g/mol. The molecular weight excluding hydrogens is 212 g/mol. The first-order valence-electron chi connectivity index (χ1n) is 5.89. The number of aromatic nitrogens is 1. The van der Waals surface area contributed by atoms with E-state index in [9.17, 15) is 5.11 Å². The third-order valence-electron chi connectivity index (χ3n) is 3.06. The summed E-state index contributed by atoms with van der Waals surface area (Å²) in [5, 5.41) is 11.2. The monoisotopic (exact) mass is 230 g/mol. The number of nitrogens with zero attached hydrogens (tertiary/aromatic N) is 1. The van der Waals surface area contributed by atoms with Crippen LogP contribution in [0.1, 0.15) is 25.6 Å².